The van der Waals surface area contributed by atoms with E-state index in [2.05, 4.69) is 5.32 Å². The maximum Gasteiger partial charge on any atom is 0.303 e. The summed E-state index contributed by atoms with van der Waals surface area (Å²) < 4.78 is 0. The molecule has 0 saturated carbocycles. The van der Waals surface area contributed by atoms with Crippen molar-refractivity contribution < 1.29 is 19.8 Å². The summed E-state index contributed by atoms with van der Waals surface area (Å²) in [6.45, 7) is 3.30. The van der Waals surface area contributed by atoms with Crippen LogP contribution in [0.2, 0.25) is 10.0 Å². The number of carboxylic acid groups (broad SMARTS) is 1. The first-order valence-corrected chi connectivity index (χ1v) is 6.67. The van der Waals surface area contributed by atoms with Gasteiger partial charge in [0.15, 0.2) is 5.75 Å². The van der Waals surface area contributed by atoms with Crippen molar-refractivity contribution >= 4 is 40.8 Å². The molecule has 1 amide bonds. The van der Waals surface area contributed by atoms with E-state index in [4.69, 9.17) is 28.3 Å². The van der Waals surface area contributed by atoms with Crippen LogP contribution in [-0.2, 0) is 9.59 Å². The second-order valence-corrected chi connectivity index (χ2v) is 5.43. The molecule has 0 aliphatic rings. The molecule has 0 bridgehead atoms. The van der Waals surface area contributed by atoms with Crippen LogP contribution in [0.1, 0.15) is 25.3 Å². The fraction of sp³-hybridized carbons (Fsp3) is 0.385. The van der Waals surface area contributed by atoms with E-state index in [0.717, 1.165) is 0 Å². The smallest absolute Gasteiger partial charge is 0.303 e. The van der Waals surface area contributed by atoms with E-state index in [1.54, 1.807) is 13.8 Å². The lowest BCUT2D eigenvalue weighted by Crippen LogP contribution is -2.17. The first-order chi connectivity index (χ1) is 9.22. The van der Waals surface area contributed by atoms with Gasteiger partial charge in [-0.3, -0.25) is 9.59 Å². The van der Waals surface area contributed by atoms with E-state index in [1.165, 1.54) is 6.07 Å². The molecule has 20 heavy (non-hydrogen) atoms. The van der Waals surface area contributed by atoms with Crippen LogP contribution in [0.25, 0.3) is 0 Å². The molecular weight excluding hydrogens is 305 g/mol. The van der Waals surface area contributed by atoms with Gasteiger partial charge in [0.25, 0.3) is 0 Å². The average molecular weight is 320 g/mol. The van der Waals surface area contributed by atoms with Crippen LogP contribution in [-0.4, -0.2) is 22.1 Å². The first-order valence-electron chi connectivity index (χ1n) is 5.91. The second kappa shape index (κ2) is 6.81. The molecule has 0 heterocycles. The molecule has 0 aromatic heterocycles. The minimum atomic E-state index is -0.963. The number of halogens is 2. The number of amides is 1. The molecule has 1 atom stereocenters. The van der Waals surface area contributed by atoms with Gasteiger partial charge in [-0.05, 0) is 24.5 Å². The predicted molar refractivity (Wildman–Crippen MR) is 77.5 cm³/mol. The van der Waals surface area contributed by atoms with Crippen molar-refractivity contribution in [1.29, 1.82) is 0 Å². The molecule has 0 radical (unpaired) electrons. The summed E-state index contributed by atoms with van der Waals surface area (Å²) in [6.07, 6.45) is -0.0797. The number of carbonyl (C=O) groups is 2. The van der Waals surface area contributed by atoms with Gasteiger partial charge in [-0.15, -0.1) is 0 Å². The largest absolute Gasteiger partial charge is 0.504 e. The topological polar surface area (TPSA) is 86.6 Å². The fourth-order valence-electron chi connectivity index (χ4n) is 1.69. The molecule has 0 saturated heterocycles. The standard InChI is InChI=1S/C13H15Cl2NO4/c1-6(4-11(18)19)3-10(17)16-9-5-8(14)7(2)12(15)13(9)20/h5-6,20H,3-4H2,1-2H3,(H,16,17)(H,18,19)/t6-/m1/s1. The maximum atomic E-state index is 11.8. The molecule has 3 N–H and O–H groups in total. The summed E-state index contributed by atoms with van der Waals surface area (Å²) in [4.78, 5) is 22.3. The normalized spacial score (nSPS) is 12.0. The molecule has 1 aromatic rings. The summed E-state index contributed by atoms with van der Waals surface area (Å²) in [7, 11) is 0. The van der Waals surface area contributed by atoms with Crippen molar-refractivity contribution in [2.24, 2.45) is 5.92 Å². The summed E-state index contributed by atoms with van der Waals surface area (Å²) in [6, 6.07) is 1.40. The Kier molecular flexibility index (Phi) is 5.65. The zero-order valence-electron chi connectivity index (χ0n) is 11.0. The van der Waals surface area contributed by atoms with E-state index < -0.39 is 11.9 Å². The number of hydrogen-bond donors (Lipinski definition) is 3. The van der Waals surface area contributed by atoms with Crippen LogP contribution >= 0.6 is 23.2 Å². The zero-order chi connectivity index (χ0) is 15.4. The van der Waals surface area contributed by atoms with Gasteiger partial charge in [0.2, 0.25) is 5.91 Å². The summed E-state index contributed by atoms with van der Waals surface area (Å²) in [5.41, 5.74) is 0.626. The van der Waals surface area contributed by atoms with E-state index in [1.807, 2.05) is 0 Å². The average Bonchev–Trinajstić information content (AvgIpc) is 2.32. The highest BCUT2D eigenvalue weighted by molar-refractivity contribution is 6.37. The Morgan fingerprint density at radius 3 is 2.50 bits per heavy atom. The number of carboxylic acids is 1. The Balaban J connectivity index is 2.79. The third kappa shape index (κ3) is 4.28. The third-order valence-electron chi connectivity index (χ3n) is 2.75. The molecule has 1 aromatic carbocycles. The Morgan fingerprint density at radius 2 is 1.95 bits per heavy atom. The quantitative estimate of drug-likeness (QED) is 0.725. The molecule has 5 nitrogen and oxygen atoms in total. The van der Waals surface area contributed by atoms with Gasteiger partial charge in [-0.25, -0.2) is 0 Å². The van der Waals surface area contributed by atoms with E-state index in [9.17, 15) is 14.7 Å². The second-order valence-electron chi connectivity index (χ2n) is 4.65. The molecule has 1 rings (SSSR count). The minimum absolute atomic E-state index is 0.0227. The molecule has 0 aliphatic heterocycles. The third-order valence-corrected chi connectivity index (χ3v) is 3.61. The van der Waals surface area contributed by atoms with Crippen LogP contribution < -0.4 is 5.32 Å². The highest BCUT2D eigenvalue weighted by Gasteiger charge is 2.17. The number of rotatable bonds is 5. The van der Waals surface area contributed by atoms with Crippen LogP contribution in [0, 0.1) is 12.8 Å². The highest BCUT2D eigenvalue weighted by Crippen LogP contribution is 2.38. The maximum absolute atomic E-state index is 11.8. The van der Waals surface area contributed by atoms with Crippen LogP contribution in [0.4, 0.5) is 5.69 Å². The lowest BCUT2D eigenvalue weighted by Gasteiger charge is -2.13. The molecule has 0 spiro atoms. The Bertz CT molecular complexity index is 546. The number of hydrogen-bond acceptors (Lipinski definition) is 3. The Morgan fingerprint density at radius 1 is 1.35 bits per heavy atom. The minimum Gasteiger partial charge on any atom is -0.504 e. The number of nitrogens with one attached hydrogen (secondary N) is 1. The van der Waals surface area contributed by atoms with Crippen LogP contribution in [0.5, 0.6) is 5.75 Å². The van der Waals surface area contributed by atoms with Crippen molar-refractivity contribution in [3.05, 3.63) is 21.7 Å². The highest BCUT2D eigenvalue weighted by atomic mass is 35.5. The summed E-state index contributed by atoms with van der Waals surface area (Å²) in [5, 5.41) is 21.3. The molecule has 7 heteroatoms. The molecule has 0 fully saturated rings. The van der Waals surface area contributed by atoms with Crippen molar-refractivity contribution in [3.8, 4) is 5.75 Å². The van der Waals surface area contributed by atoms with Crippen LogP contribution in [0.3, 0.4) is 0 Å². The number of aliphatic carboxylic acids is 1. The van der Waals surface area contributed by atoms with E-state index in [-0.39, 0.29) is 35.2 Å². The number of phenolic OH excluding ortho intramolecular Hbond substituents is 1. The summed E-state index contributed by atoms with van der Waals surface area (Å²) in [5.74, 6) is -1.95. The number of aromatic hydroxyl groups is 1. The Labute approximate surface area is 126 Å². The van der Waals surface area contributed by atoms with Gasteiger partial charge in [-0.1, -0.05) is 30.1 Å². The van der Waals surface area contributed by atoms with Gasteiger partial charge in [-0.2, -0.15) is 0 Å². The molecular formula is C13H15Cl2NO4. The first kappa shape index (κ1) is 16.6. The lowest BCUT2D eigenvalue weighted by molar-refractivity contribution is -0.138. The monoisotopic (exact) mass is 319 g/mol. The SMILES string of the molecule is Cc1c(Cl)cc(NC(=O)C[C@@H](C)CC(=O)O)c(O)c1Cl. The number of anilines is 1. The van der Waals surface area contributed by atoms with Crippen LogP contribution in [0.15, 0.2) is 6.07 Å². The van der Waals surface area contributed by atoms with Gasteiger partial charge in [0.05, 0.1) is 10.7 Å². The van der Waals surface area contributed by atoms with Crippen molar-refractivity contribution in [2.75, 3.05) is 5.32 Å². The predicted octanol–water partition coefficient (Wildman–Crippen LogP) is 3.45. The lowest BCUT2D eigenvalue weighted by atomic mass is 10.0. The van der Waals surface area contributed by atoms with Crippen molar-refractivity contribution in [2.45, 2.75) is 26.7 Å². The molecule has 0 unspecified atom stereocenters. The Hall–Kier alpha value is -1.46. The van der Waals surface area contributed by atoms with E-state index in [0.29, 0.717) is 10.6 Å². The van der Waals surface area contributed by atoms with Gasteiger partial charge >= 0.3 is 5.97 Å². The number of carbonyl (C=O) groups excluding carboxylic acids is 1. The molecule has 0 aliphatic carbocycles. The summed E-state index contributed by atoms with van der Waals surface area (Å²) >= 11 is 11.8. The van der Waals surface area contributed by atoms with Crippen molar-refractivity contribution in [3.63, 3.8) is 0 Å². The van der Waals surface area contributed by atoms with Gasteiger partial charge < -0.3 is 15.5 Å². The van der Waals surface area contributed by atoms with E-state index >= 15 is 0 Å². The number of phenols is 1. The zero-order valence-corrected chi connectivity index (χ0v) is 12.5. The van der Waals surface area contributed by atoms with Crippen molar-refractivity contribution in [1.82, 2.24) is 0 Å². The van der Waals surface area contributed by atoms with Gasteiger partial charge in [0.1, 0.15) is 0 Å². The number of benzene rings is 1. The fourth-order valence-corrected chi connectivity index (χ4v) is 2.14. The molecule has 110 valence electrons. The van der Waals surface area contributed by atoms with Gasteiger partial charge in [0, 0.05) is 17.9 Å².